The Morgan fingerprint density at radius 3 is 1.50 bits per heavy atom. The molecule has 0 aromatic carbocycles. The Kier molecular flexibility index (Phi) is 87.5. The number of halogens is 1. The van der Waals surface area contributed by atoms with Crippen LogP contribution in [0, 0.1) is 0 Å². The van der Waals surface area contributed by atoms with E-state index in [1.54, 1.807) is 0 Å². The van der Waals surface area contributed by atoms with Gasteiger partial charge in [-0.15, -0.1) is 12.4 Å². The van der Waals surface area contributed by atoms with Crippen molar-refractivity contribution in [2.45, 2.75) is 0 Å². The maximum atomic E-state index is 7.00. The van der Waals surface area contributed by atoms with Crippen molar-refractivity contribution >= 4 is 12.4 Å². The summed E-state index contributed by atoms with van der Waals surface area (Å²) in [6.45, 7) is 0. The predicted molar refractivity (Wildman–Crippen MR) is 16.5 cm³/mol. The van der Waals surface area contributed by atoms with Crippen molar-refractivity contribution in [2.75, 3.05) is 7.11 Å². The minimum atomic E-state index is 0. The molecule has 0 aliphatic rings. The van der Waals surface area contributed by atoms with Gasteiger partial charge in [0, 0.05) is 7.11 Å². The first-order valence-corrected chi connectivity index (χ1v) is 0.447. The average Bonchev–Trinajstić information content (AvgIpc) is 1.00. The van der Waals surface area contributed by atoms with Crippen molar-refractivity contribution in [3.05, 3.63) is 0 Å². The van der Waals surface area contributed by atoms with Crippen LogP contribution in [0.2, 0.25) is 0 Å². The van der Waals surface area contributed by atoms with Crippen LogP contribution in [-0.4, -0.2) is 12.2 Å². The molecule has 0 aromatic heterocycles. The van der Waals surface area contributed by atoms with Gasteiger partial charge >= 0.3 is 51.4 Å². The van der Waals surface area contributed by atoms with Gasteiger partial charge in [0.1, 0.15) is 0 Å². The van der Waals surface area contributed by atoms with Crippen LogP contribution in [0.25, 0.3) is 0 Å². The molecule has 0 rings (SSSR count). The zero-order valence-electron chi connectivity index (χ0n) is 3.86. The van der Waals surface area contributed by atoms with Crippen LogP contribution in [-0.2, 0) is 0 Å². The van der Waals surface area contributed by atoms with Crippen LogP contribution in [0.5, 0.6) is 0 Å². The zero-order chi connectivity index (χ0) is 2.00. The maximum Gasteiger partial charge on any atom is 1.00 e. The fourth-order valence-corrected chi connectivity index (χ4v) is 0. The van der Waals surface area contributed by atoms with E-state index in [4.69, 9.17) is 5.11 Å². The Bertz CT molecular complexity index is 11.6. The molecule has 0 saturated carbocycles. The van der Waals surface area contributed by atoms with Gasteiger partial charge in [0.15, 0.2) is 0 Å². The summed E-state index contributed by atoms with van der Waals surface area (Å²) >= 11 is 0. The fourth-order valence-electron chi connectivity index (χ4n) is 0. The van der Waals surface area contributed by atoms with E-state index >= 15 is 0 Å². The summed E-state index contributed by atoms with van der Waals surface area (Å²) in [6.07, 6.45) is 0. The van der Waals surface area contributed by atoms with Gasteiger partial charge in [0.2, 0.25) is 0 Å². The molecule has 0 saturated heterocycles. The van der Waals surface area contributed by atoms with E-state index in [1.165, 1.54) is 0 Å². The van der Waals surface area contributed by atoms with Crippen LogP contribution < -0.4 is 51.4 Å². The van der Waals surface area contributed by atoms with E-state index in [1.807, 2.05) is 0 Å². The molecule has 0 spiro atoms. The molecule has 0 atom stereocenters. The smallest absolute Gasteiger partial charge is 1.00 e. The van der Waals surface area contributed by atoms with Crippen molar-refractivity contribution in [3.63, 3.8) is 0 Å². The molecule has 4 heavy (non-hydrogen) atoms. The molecule has 0 radical (unpaired) electrons. The molecule has 0 amide bonds. The minimum Gasteiger partial charge on any atom is -1.00 e. The average molecular weight is 109 g/mol. The second kappa shape index (κ2) is 20.7. The van der Waals surface area contributed by atoms with Gasteiger partial charge in [-0.1, -0.05) is 0 Å². The van der Waals surface area contributed by atoms with Crippen molar-refractivity contribution in [1.82, 2.24) is 0 Å². The van der Waals surface area contributed by atoms with Crippen molar-refractivity contribution in [3.8, 4) is 0 Å². The molecule has 0 aliphatic heterocycles. The first-order valence-electron chi connectivity index (χ1n) is 0.447. The molecule has 1 nitrogen and oxygen atoms in total. The number of rotatable bonds is 0. The third kappa shape index (κ3) is 9.10. The van der Waals surface area contributed by atoms with Gasteiger partial charge in [-0.3, -0.25) is 0 Å². The van der Waals surface area contributed by atoms with E-state index < -0.39 is 0 Å². The summed E-state index contributed by atoms with van der Waals surface area (Å²) in [5.74, 6) is 0. The molecule has 0 aliphatic carbocycles. The Morgan fingerprint density at radius 2 is 1.50 bits per heavy atom. The number of aliphatic hydroxyl groups is 1. The fraction of sp³-hybridized carbons (Fsp3) is 1.00. The van der Waals surface area contributed by atoms with Gasteiger partial charge in [0.05, 0.1) is 0 Å². The monoisotopic (exact) mass is 108 g/mol. The summed E-state index contributed by atoms with van der Waals surface area (Å²) in [6, 6.07) is 0. The van der Waals surface area contributed by atoms with Crippen LogP contribution in [0.3, 0.4) is 0 Å². The van der Waals surface area contributed by atoms with Gasteiger partial charge in [-0.25, -0.2) is 0 Å². The van der Waals surface area contributed by atoms with E-state index in [9.17, 15) is 0 Å². The number of hydrogen-bond acceptors (Lipinski definition) is 1. The first-order chi connectivity index (χ1) is 1.00. The molecule has 0 unspecified atom stereocenters. The van der Waals surface area contributed by atoms with Crippen LogP contribution >= 0.6 is 12.4 Å². The summed E-state index contributed by atoms with van der Waals surface area (Å²) in [4.78, 5) is 0. The minimum absolute atomic E-state index is 0. The van der Waals surface area contributed by atoms with E-state index in [0.29, 0.717) is 0 Å². The van der Waals surface area contributed by atoms with Gasteiger partial charge in [-0.05, 0) is 0 Å². The Labute approximate surface area is 76.1 Å². The Morgan fingerprint density at radius 1 is 1.50 bits per heavy atom. The molecular formula is CH6ClKO. The van der Waals surface area contributed by atoms with Crippen molar-refractivity contribution in [2.24, 2.45) is 0 Å². The standard InChI is InChI=1S/CH4O.ClH.K.H/c1-2;;;/h2H,1H3;1H;;/q;;+1;-1. The van der Waals surface area contributed by atoms with Gasteiger partial charge in [0.25, 0.3) is 0 Å². The third-order valence-corrected chi connectivity index (χ3v) is 0. The quantitative estimate of drug-likeness (QED) is 0.331. The van der Waals surface area contributed by atoms with Crippen LogP contribution in [0.4, 0.5) is 0 Å². The molecule has 1 N–H and O–H groups in total. The first kappa shape index (κ1) is 16.9. The maximum absolute atomic E-state index is 7.00. The number of aliphatic hydroxyl groups excluding tert-OH is 1. The van der Waals surface area contributed by atoms with E-state index in [0.717, 1.165) is 7.11 Å². The molecule has 24 valence electrons. The second-order valence-electron chi connectivity index (χ2n) is 0. The summed E-state index contributed by atoms with van der Waals surface area (Å²) < 4.78 is 0. The Balaban J connectivity index is -0.00000000167. The van der Waals surface area contributed by atoms with Crippen molar-refractivity contribution < 1.29 is 57.9 Å². The molecule has 3 heteroatoms. The van der Waals surface area contributed by atoms with Gasteiger partial charge < -0.3 is 6.53 Å². The molecule has 0 fully saturated rings. The molecule has 0 heterocycles. The van der Waals surface area contributed by atoms with Crippen LogP contribution in [0.1, 0.15) is 1.43 Å². The molecule has 0 aromatic rings. The summed E-state index contributed by atoms with van der Waals surface area (Å²) in [5, 5.41) is 7.00. The normalized spacial score (nSPS) is 1.50. The second-order valence-corrected chi connectivity index (χ2v) is 0. The molecule has 0 bridgehead atoms. The van der Waals surface area contributed by atoms with Crippen LogP contribution in [0.15, 0.2) is 0 Å². The van der Waals surface area contributed by atoms with Crippen molar-refractivity contribution in [1.29, 1.82) is 0 Å². The van der Waals surface area contributed by atoms with Gasteiger partial charge in [-0.2, -0.15) is 0 Å². The number of hydrogen-bond donors (Lipinski definition) is 1. The summed E-state index contributed by atoms with van der Waals surface area (Å²) in [7, 11) is 1.00. The largest absolute Gasteiger partial charge is 1.00 e. The van der Waals surface area contributed by atoms with E-state index in [2.05, 4.69) is 0 Å². The topological polar surface area (TPSA) is 20.2 Å². The molecular weight excluding hydrogens is 103 g/mol. The SMILES string of the molecule is CO.Cl.[H-].[K+]. The van der Waals surface area contributed by atoms with E-state index in [-0.39, 0.29) is 65.2 Å². The summed E-state index contributed by atoms with van der Waals surface area (Å²) in [5.41, 5.74) is 0. The third-order valence-electron chi connectivity index (χ3n) is 0. The Hall–Kier alpha value is 1.89. The zero-order valence-corrected chi connectivity index (χ0v) is 6.80. The predicted octanol–water partition coefficient (Wildman–Crippen LogP) is -2.85.